The average molecular weight is 300 g/mol. The zero-order chi connectivity index (χ0) is 11.4. The maximum absolute atomic E-state index is 4.24. The van der Waals surface area contributed by atoms with Crippen LogP contribution in [0.15, 0.2) is 28.2 Å². The summed E-state index contributed by atoms with van der Waals surface area (Å²) in [5.74, 6) is 0. The minimum Gasteiger partial charge on any atom is -0.310 e. The highest BCUT2D eigenvalue weighted by atomic mass is 79.9. The highest BCUT2D eigenvalue weighted by molar-refractivity contribution is 9.10. The number of halogens is 1. The number of nitrogens with zero attached hydrogens (tertiary/aromatic N) is 2. The number of thiophene rings is 1. The van der Waals surface area contributed by atoms with Crippen LogP contribution >= 0.6 is 27.3 Å². The highest BCUT2D eigenvalue weighted by Crippen LogP contribution is 2.19. The van der Waals surface area contributed by atoms with E-state index in [2.05, 4.69) is 44.7 Å². The lowest BCUT2D eigenvalue weighted by atomic mass is 10.4. The van der Waals surface area contributed by atoms with Crippen molar-refractivity contribution in [1.29, 1.82) is 0 Å². The molecule has 0 fully saturated rings. The standard InChI is InChI=1S/C11H14BrN3S/c1-9-2-3-14-15(9)5-4-13-7-11-6-10(12)8-16-11/h2-3,6,8,13H,4-5,7H2,1H3. The van der Waals surface area contributed by atoms with Crippen molar-refractivity contribution in [2.45, 2.75) is 20.0 Å². The second-order valence-electron chi connectivity index (χ2n) is 3.60. The van der Waals surface area contributed by atoms with Gasteiger partial charge in [-0.25, -0.2) is 0 Å². The molecule has 0 aliphatic heterocycles. The Balaban J connectivity index is 1.71. The first-order valence-corrected chi connectivity index (χ1v) is 6.85. The molecule has 0 saturated heterocycles. The van der Waals surface area contributed by atoms with Gasteiger partial charge in [-0.05, 0) is 35.0 Å². The van der Waals surface area contributed by atoms with Gasteiger partial charge >= 0.3 is 0 Å². The fraction of sp³-hybridized carbons (Fsp3) is 0.364. The van der Waals surface area contributed by atoms with Crippen LogP contribution < -0.4 is 5.32 Å². The van der Waals surface area contributed by atoms with Crippen LogP contribution in [0, 0.1) is 6.92 Å². The summed E-state index contributed by atoms with van der Waals surface area (Å²) in [5, 5.41) is 9.75. The Morgan fingerprint density at radius 3 is 3.06 bits per heavy atom. The van der Waals surface area contributed by atoms with Crippen LogP contribution in [0.3, 0.4) is 0 Å². The normalized spacial score (nSPS) is 10.9. The molecule has 2 heterocycles. The lowest BCUT2D eigenvalue weighted by Crippen LogP contribution is -2.20. The molecule has 1 N–H and O–H groups in total. The smallest absolute Gasteiger partial charge is 0.0537 e. The van der Waals surface area contributed by atoms with E-state index in [-0.39, 0.29) is 0 Å². The molecular formula is C11H14BrN3S. The van der Waals surface area contributed by atoms with E-state index in [0.29, 0.717) is 0 Å². The Bertz CT molecular complexity index is 450. The summed E-state index contributed by atoms with van der Waals surface area (Å²) in [6.07, 6.45) is 1.84. The number of hydrogen-bond acceptors (Lipinski definition) is 3. The molecule has 0 atom stereocenters. The Labute approximate surface area is 108 Å². The molecule has 0 bridgehead atoms. The second-order valence-corrected chi connectivity index (χ2v) is 5.52. The number of hydrogen-bond donors (Lipinski definition) is 1. The average Bonchev–Trinajstić information content (AvgIpc) is 2.83. The predicted molar refractivity (Wildman–Crippen MR) is 70.7 cm³/mol. The van der Waals surface area contributed by atoms with Crippen molar-refractivity contribution < 1.29 is 0 Å². The Morgan fingerprint density at radius 1 is 1.56 bits per heavy atom. The van der Waals surface area contributed by atoms with Gasteiger partial charge in [0.1, 0.15) is 0 Å². The van der Waals surface area contributed by atoms with Gasteiger partial charge in [0.05, 0.1) is 6.54 Å². The van der Waals surface area contributed by atoms with Crippen molar-refractivity contribution in [3.63, 3.8) is 0 Å². The van der Waals surface area contributed by atoms with Crippen LogP contribution in [-0.4, -0.2) is 16.3 Å². The summed E-state index contributed by atoms with van der Waals surface area (Å²) >= 11 is 5.22. The maximum atomic E-state index is 4.24. The van der Waals surface area contributed by atoms with E-state index in [9.17, 15) is 0 Å². The molecule has 16 heavy (non-hydrogen) atoms. The molecule has 86 valence electrons. The number of aromatic nitrogens is 2. The van der Waals surface area contributed by atoms with Gasteiger partial charge in [0.15, 0.2) is 0 Å². The first kappa shape index (κ1) is 11.8. The monoisotopic (exact) mass is 299 g/mol. The van der Waals surface area contributed by atoms with Gasteiger partial charge < -0.3 is 5.32 Å². The minimum atomic E-state index is 0.922. The summed E-state index contributed by atoms with van der Waals surface area (Å²) in [4.78, 5) is 1.35. The third kappa shape index (κ3) is 3.17. The van der Waals surface area contributed by atoms with Crippen molar-refractivity contribution in [2.24, 2.45) is 0 Å². The Morgan fingerprint density at radius 2 is 2.44 bits per heavy atom. The van der Waals surface area contributed by atoms with Crippen molar-refractivity contribution in [3.8, 4) is 0 Å². The van der Waals surface area contributed by atoms with Crippen LogP contribution in [0.4, 0.5) is 0 Å². The van der Waals surface area contributed by atoms with E-state index in [1.807, 2.05) is 16.9 Å². The quantitative estimate of drug-likeness (QED) is 0.861. The SMILES string of the molecule is Cc1ccnn1CCNCc1cc(Br)cs1. The van der Waals surface area contributed by atoms with Crippen molar-refractivity contribution >= 4 is 27.3 Å². The van der Waals surface area contributed by atoms with E-state index in [4.69, 9.17) is 0 Å². The molecule has 2 aromatic heterocycles. The van der Waals surface area contributed by atoms with Gasteiger partial charge in [-0.2, -0.15) is 5.10 Å². The fourth-order valence-corrected chi connectivity index (χ4v) is 2.90. The summed E-state index contributed by atoms with van der Waals surface area (Å²) < 4.78 is 3.18. The third-order valence-electron chi connectivity index (χ3n) is 2.35. The largest absolute Gasteiger partial charge is 0.310 e. The van der Waals surface area contributed by atoms with Crippen LogP contribution in [0.2, 0.25) is 0 Å². The highest BCUT2D eigenvalue weighted by Gasteiger charge is 1.98. The van der Waals surface area contributed by atoms with Gasteiger partial charge in [-0.3, -0.25) is 4.68 Å². The van der Waals surface area contributed by atoms with Gasteiger partial charge in [-0.15, -0.1) is 11.3 Å². The molecule has 5 heteroatoms. The first-order valence-electron chi connectivity index (χ1n) is 5.18. The van der Waals surface area contributed by atoms with E-state index in [0.717, 1.165) is 24.1 Å². The fourth-order valence-electron chi connectivity index (χ4n) is 1.48. The maximum Gasteiger partial charge on any atom is 0.0537 e. The number of nitrogens with one attached hydrogen (secondary N) is 1. The van der Waals surface area contributed by atoms with Crippen LogP contribution in [0.1, 0.15) is 10.6 Å². The molecule has 0 aromatic carbocycles. The molecule has 3 nitrogen and oxygen atoms in total. The molecule has 0 saturated carbocycles. The van der Waals surface area contributed by atoms with Gasteiger partial charge in [0.2, 0.25) is 0 Å². The van der Waals surface area contributed by atoms with Crippen molar-refractivity contribution in [3.05, 3.63) is 38.8 Å². The van der Waals surface area contributed by atoms with Gasteiger partial charge in [0, 0.05) is 39.7 Å². The van der Waals surface area contributed by atoms with Crippen LogP contribution in [0.5, 0.6) is 0 Å². The minimum absolute atomic E-state index is 0.922. The van der Waals surface area contributed by atoms with E-state index < -0.39 is 0 Å². The molecule has 0 aliphatic rings. The van der Waals surface area contributed by atoms with E-state index in [1.54, 1.807) is 11.3 Å². The van der Waals surface area contributed by atoms with Gasteiger partial charge in [-0.1, -0.05) is 0 Å². The summed E-state index contributed by atoms with van der Waals surface area (Å²) in [6, 6.07) is 4.17. The number of rotatable bonds is 5. The lowest BCUT2D eigenvalue weighted by molar-refractivity contribution is 0.546. The molecule has 2 rings (SSSR count). The molecule has 2 aromatic rings. The second kappa shape index (κ2) is 5.61. The Kier molecular flexibility index (Phi) is 4.15. The molecule has 0 amide bonds. The van der Waals surface area contributed by atoms with Crippen molar-refractivity contribution in [2.75, 3.05) is 6.54 Å². The zero-order valence-corrected chi connectivity index (χ0v) is 11.5. The predicted octanol–water partition coefficient (Wildman–Crippen LogP) is 2.81. The van der Waals surface area contributed by atoms with Crippen molar-refractivity contribution in [1.82, 2.24) is 15.1 Å². The molecular weight excluding hydrogens is 286 g/mol. The third-order valence-corrected chi connectivity index (χ3v) is 4.05. The first-order chi connectivity index (χ1) is 7.75. The van der Waals surface area contributed by atoms with E-state index in [1.165, 1.54) is 10.6 Å². The van der Waals surface area contributed by atoms with Crippen LogP contribution in [0.25, 0.3) is 0 Å². The van der Waals surface area contributed by atoms with Crippen LogP contribution in [-0.2, 0) is 13.1 Å². The molecule has 0 spiro atoms. The lowest BCUT2D eigenvalue weighted by Gasteiger charge is -2.05. The summed E-state index contributed by atoms with van der Waals surface area (Å²) in [5.41, 5.74) is 1.21. The zero-order valence-electron chi connectivity index (χ0n) is 9.11. The molecule has 0 unspecified atom stereocenters. The summed E-state index contributed by atoms with van der Waals surface area (Å²) in [6.45, 7) is 4.86. The number of aryl methyl sites for hydroxylation is 1. The topological polar surface area (TPSA) is 29.9 Å². The Hall–Kier alpha value is -0.650. The van der Waals surface area contributed by atoms with E-state index >= 15 is 0 Å². The molecule has 0 radical (unpaired) electrons. The molecule has 0 aliphatic carbocycles. The van der Waals surface area contributed by atoms with Gasteiger partial charge in [0.25, 0.3) is 0 Å². The summed E-state index contributed by atoms with van der Waals surface area (Å²) in [7, 11) is 0.